The van der Waals surface area contributed by atoms with Gasteiger partial charge < -0.3 is 19.5 Å². The topological polar surface area (TPSA) is 80.6 Å². The fourth-order valence-electron chi connectivity index (χ4n) is 3.11. The zero-order valence-electron chi connectivity index (χ0n) is 17.1. The van der Waals surface area contributed by atoms with Crippen LogP contribution in [0.2, 0.25) is 0 Å². The van der Waals surface area contributed by atoms with Gasteiger partial charge in [-0.05, 0) is 55.2 Å². The number of nitrogens with zero attached hydrogens (tertiary/aromatic N) is 1. The quantitative estimate of drug-likeness (QED) is 0.391. The van der Waals surface area contributed by atoms with E-state index in [1.807, 2.05) is 49.4 Å². The Hall–Kier alpha value is -3.30. The molecule has 6 heteroatoms. The number of carbonyl (C=O) groups is 1. The molecule has 0 aliphatic carbocycles. The molecule has 1 aliphatic rings. The monoisotopic (exact) mass is 406 g/mol. The van der Waals surface area contributed by atoms with Crippen molar-refractivity contribution in [1.29, 1.82) is 5.26 Å². The molecule has 6 nitrogen and oxygen atoms in total. The summed E-state index contributed by atoms with van der Waals surface area (Å²) < 4.78 is 16.9. The van der Waals surface area contributed by atoms with Crippen molar-refractivity contribution in [1.82, 2.24) is 5.32 Å². The van der Waals surface area contributed by atoms with Crippen LogP contribution in [0.1, 0.15) is 24.0 Å². The third-order valence-corrected chi connectivity index (χ3v) is 4.77. The molecule has 0 aromatic heterocycles. The van der Waals surface area contributed by atoms with Crippen LogP contribution in [0, 0.1) is 18.3 Å². The van der Waals surface area contributed by atoms with Gasteiger partial charge in [0.15, 0.2) is 0 Å². The molecule has 2 aromatic rings. The summed E-state index contributed by atoms with van der Waals surface area (Å²) in [6.07, 6.45) is 3.55. The zero-order valence-corrected chi connectivity index (χ0v) is 17.1. The highest BCUT2D eigenvalue weighted by Crippen LogP contribution is 2.17. The number of nitrogens with one attached hydrogen (secondary N) is 1. The van der Waals surface area contributed by atoms with E-state index in [4.69, 9.17) is 14.2 Å². The van der Waals surface area contributed by atoms with E-state index in [0.29, 0.717) is 25.5 Å². The summed E-state index contributed by atoms with van der Waals surface area (Å²) in [5.74, 6) is 1.16. The van der Waals surface area contributed by atoms with Crippen LogP contribution in [-0.4, -0.2) is 38.4 Å². The van der Waals surface area contributed by atoms with E-state index in [0.717, 1.165) is 36.3 Å². The first kappa shape index (κ1) is 21.4. The number of hydrogen-bond acceptors (Lipinski definition) is 5. The summed E-state index contributed by atoms with van der Waals surface area (Å²) in [5, 5.41) is 12.1. The number of ether oxygens (including phenoxy) is 3. The lowest BCUT2D eigenvalue weighted by atomic mass is 10.1. The first-order valence-corrected chi connectivity index (χ1v) is 10.1. The van der Waals surface area contributed by atoms with Crippen molar-refractivity contribution < 1.29 is 19.0 Å². The van der Waals surface area contributed by atoms with Crippen LogP contribution in [-0.2, 0) is 9.53 Å². The van der Waals surface area contributed by atoms with Crippen LogP contribution >= 0.6 is 0 Å². The van der Waals surface area contributed by atoms with E-state index in [9.17, 15) is 10.1 Å². The standard InChI is InChI=1S/C24H26N2O4/c1-18-5-2-3-7-23(18)30-14-13-29-21-10-8-19(9-11-21)15-20(16-25)24(27)26-17-22-6-4-12-28-22/h2-3,5,7-11,15,22H,4,6,12-14,17H2,1H3,(H,26,27)/b20-15+/t22-/m0/s1. The van der Waals surface area contributed by atoms with Crippen LogP contribution in [0.25, 0.3) is 6.08 Å². The molecule has 1 aliphatic heterocycles. The molecule has 156 valence electrons. The zero-order chi connectivity index (χ0) is 21.2. The summed E-state index contributed by atoms with van der Waals surface area (Å²) in [5.41, 5.74) is 1.90. The number of aryl methyl sites for hydroxylation is 1. The Morgan fingerprint density at radius 2 is 1.97 bits per heavy atom. The molecular weight excluding hydrogens is 380 g/mol. The minimum atomic E-state index is -0.387. The van der Waals surface area contributed by atoms with Gasteiger partial charge in [-0.1, -0.05) is 30.3 Å². The predicted octanol–water partition coefficient (Wildman–Crippen LogP) is 3.66. The van der Waals surface area contributed by atoms with Crippen molar-refractivity contribution >= 4 is 12.0 Å². The number of hydrogen-bond donors (Lipinski definition) is 1. The largest absolute Gasteiger partial charge is 0.490 e. The molecule has 1 N–H and O–H groups in total. The van der Waals surface area contributed by atoms with Crippen LogP contribution < -0.4 is 14.8 Å². The average Bonchev–Trinajstić information content (AvgIpc) is 3.29. The highest BCUT2D eigenvalue weighted by molar-refractivity contribution is 6.01. The Morgan fingerprint density at radius 1 is 1.20 bits per heavy atom. The molecule has 1 amide bonds. The van der Waals surface area contributed by atoms with E-state index in [2.05, 4.69) is 5.32 Å². The predicted molar refractivity (Wildman–Crippen MR) is 114 cm³/mol. The van der Waals surface area contributed by atoms with Gasteiger partial charge in [-0.3, -0.25) is 4.79 Å². The molecule has 3 rings (SSSR count). The van der Waals surface area contributed by atoms with Crippen molar-refractivity contribution in [2.75, 3.05) is 26.4 Å². The Morgan fingerprint density at radius 3 is 2.67 bits per heavy atom. The van der Waals surface area contributed by atoms with Crippen LogP contribution in [0.3, 0.4) is 0 Å². The minimum Gasteiger partial charge on any atom is -0.490 e. The molecule has 0 saturated carbocycles. The molecule has 1 atom stereocenters. The number of amides is 1. The van der Waals surface area contributed by atoms with Crippen molar-refractivity contribution in [3.05, 3.63) is 65.2 Å². The van der Waals surface area contributed by atoms with Crippen LogP contribution in [0.15, 0.2) is 54.1 Å². The minimum absolute atomic E-state index is 0.0418. The fourth-order valence-corrected chi connectivity index (χ4v) is 3.11. The van der Waals surface area contributed by atoms with Gasteiger partial charge in [-0.25, -0.2) is 0 Å². The Balaban J connectivity index is 1.46. The summed E-state index contributed by atoms with van der Waals surface area (Å²) in [6.45, 7) is 4.01. The number of rotatable bonds is 9. The second-order valence-electron chi connectivity index (χ2n) is 7.05. The van der Waals surface area contributed by atoms with Gasteiger partial charge >= 0.3 is 0 Å². The summed E-state index contributed by atoms with van der Waals surface area (Å²) in [6, 6.07) is 17.0. The second-order valence-corrected chi connectivity index (χ2v) is 7.05. The maximum absolute atomic E-state index is 12.2. The lowest BCUT2D eigenvalue weighted by Crippen LogP contribution is -2.32. The van der Waals surface area contributed by atoms with Gasteiger partial charge in [0, 0.05) is 13.2 Å². The van der Waals surface area contributed by atoms with Crippen LogP contribution in [0.4, 0.5) is 0 Å². The summed E-state index contributed by atoms with van der Waals surface area (Å²) >= 11 is 0. The molecule has 1 fully saturated rings. The number of para-hydroxylation sites is 1. The molecule has 0 spiro atoms. The normalized spacial score (nSPS) is 16.0. The average molecular weight is 406 g/mol. The van der Waals surface area contributed by atoms with Crippen molar-refractivity contribution in [3.8, 4) is 17.6 Å². The van der Waals surface area contributed by atoms with Gasteiger partial charge in [0.05, 0.1) is 6.10 Å². The number of nitriles is 1. The molecule has 30 heavy (non-hydrogen) atoms. The van der Waals surface area contributed by atoms with E-state index in [-0.39, 0.29) is 17.6 Å². The molecule has 1 saturated heterocycles. The van der Waals surface area contributed by atoms with Gasteiger partial charge in [0.25, 0.3) is 5.91 Å². The molecule has 0 unspecified atom stereocenters. The first-order chi connectivity index (χ1) is 14.7. The highest BCUT2D eigenvalue weighted by atomic mass is 16.5. The van der Waals surface area contributed by atoms with Crippen molar-refractivity contribution in [3.63, 3.8) is 0 Å². The lowest BCUT2D eigenvalue weighted by molar-refractivity contribution is -0.117. The lowest BCUT2D eigenvalue weighted by Gasteiger charge is -2.11. The van der Waals surface area contributed by atoms with Gasteiger partial charge in [0.2, 0.25) is 0 Å². The number of carbonyl (C=O) groups excluding carboxylic acids is 1. The third kappa shape index (κ3) is 6.36. The maximum atomic E-state index is 12.2. The van der Waals surface area contributed by atoms with Crippen molar-refractivity contribution in [2.45, 2.75) is 25.9 Å². The smallest absolute Gasteiger partial charge is 0.262 e. The van der Waals surface area contributed by atoms with Gasteiger partial charge in [0.1, 0.15) is 36.4 Å². The molecule has 0 bridgehead atoms. The summed E-state index contributed by atoms with van der Waals surface area (Å²) in [7, 11) is 0. The Labute approximate surface area is 177 Å². The Bertz CT molecular complexity index is 910. The van der Waals surface area contributed by atoms with E-state index < -0.39 is 0 Å². The fraction of sp³-hybridized carbons (Fsp3) is 0.333. The molecule has 1 heterocycles. The number of benzene rings is 2. The van der Waals surface area contributed by atoms with Gasteiger partial charge in [-0.2, -0.15) is 5.26 Å². The van der Waals surface area contributed by atoms with Gasteiger partial charge in [-0.15, -0.1) is 0 Å². The first-order valence-electron chi connectivity index (χ1n) is 10.1. The van der Waals surface area contributed by atoms with Crippen molar-refractivity contribution in [2.24, 2.45) is 0 Å². The SMILES string of the molecule is Cc1ccccc1OCCOc1ccc(/C=C(\C#N)C(=O)NC[C@@H]2CCCO2)cc1. The van der Waals surface area contributed by atoms with E-state index in [1.54, 1.807) is 18.2 Å². The Kier molecular flexibility index (Phi) is 7.87. The second kappa shape index (κ2) is 11.0. The highest BCUT2D eigenvalue weighted by Gasteiger charge is 2.17. The third-order valence-electron chi connectivity index (χ3n) is 4.77. The maximum Gasteiger partial charge on any atom is 0.262 e. The molecular formula is C24H26N2O4. The van der Waals surface area contributed by atoms with E-state index >= 15 is 0 Å². The summed E-state index contributed by atoms with van der Waals surface area (Å²) in [4.78, 5) is 12.2. The molecule has 0 radical (unpaired) electrons. The van der Waals surface area contributed by atoms with Crippen LogP contribution in [0.5, 0.6) is 11.5 Å². The van der Waals surface area contributed by atoms with E-state index in [1.165, 1.54) is 0 Å². The molecule has 2 aromatic carbocycles.